The highest BCUT2D eigenvalue weighted by molar-refractivity contribution is 6.30. The summed E-state index contributed by atoms with van der Waals surface area (Å²) in [5, 5.41) is 16.5. The second kappa shape index (κ2) is 8.26. The first kappa shape index (κ1) is 19.1. The van der Waals surface area contributed by atoms with Crippen molar-refractivity contribution in [3.63, 3.8) is 0 Å². The van der Waals surface area contributed by atoms with Crippen molar-refractivity contribution in [2.45, 2.75) is 13.0 Å². The highest BCUT2D eigenvalue weighted by Crippen LogP contribution is 2.23. The molecular formula is C16H15ClN4O5. The first-order valence-electron chi connectivity index (χ1n) is 7.41. The van der Waals surface area contributed by atoms with Crippen molar-refractivity contribution >= 4 is 40.7 Å². The largest absolute Gasteiger partial charge is 0.449 e. The number of benzene rings is 1. The number of rotatable bonds is 6. The van der Waals surface area contributed by atoms with Crippen LogP contribution in [0.15, 0.2) is 36.5 Å². The van der Waals surface area contributed by atoms with E-state index in [1.54, 1.807) is 13.1 Å². The number of nitrogens with one attached hydrogen (secondary N) is 2. The van der Waals surface area contributed by atoms with E-state index in [9.17, 15) is 19.7 Å². The van der Waals surface area contributed by atoms with E-state index < -0.39 is 22.9 Å². The number of non-ortho nitro benzene ring substituents is 1. The zero-order valence-corrected chi connectivity index (χ0v) is 14.6. The van der Waals surface area contributed by atoms with Gasteiger partial charge >= 0.3 is 5.97 Å². The predicted octanol–water partition coefficient (Wildman–Crippen LogP) is 2.87. The van der Waals surface area contributed by atoms with Gasteiger partial charge in [0.15, 0.2) is 6.10 Å². The van der Waals surface area contributed by atoms with Crippen molar-refractivity contribution in [1.29, 1.82) is 0 Å². The Bertz CT molecular complexity index is 841. The molecule has 1 aromatic heterocycles. The average molecular weight is 379 g/mol. The Morgan fingerprint density at radius 1 is 1.31 bits per heavy atom. The molecule has 26 heavy (non-hydrogen) atoms. The third kappa shape index (κ3) is 4.67. The molecule has 1 heterocycles. The molecule has 136 valence electrons. The molecule has 0 fully saturated rings. The summed E-state index contributed by atoms with van der Waals surface area (Å²) >= 11 is 5.71. The maximum absolute atomic E-state index is 12.3. The monoisotopic (exact) mass is 378 g/mol. The van der Waals surface area contributed by atoms with Crippen LogP contribution in [0.1, 0.15) is 17.3 Å². The van der Waals surface area contributed by atoms with Gasteiger partial charge in [0.25, 0.3) is 11.6 Å². The van der Waals surface area contributed by atoms with Crippen LogP contribution in [0.5, 0.6) is 0 Å². The van der Waals surface area contributed by atoms with E-state index in [2.05, 4.69) is 15.6 Å². The Morgan fingerprint density at radius 2 is 2.04 bits per heavy atom. The van der Waals surface area contributed by atoms with Crippen molar-refractivity contribution in [1.82, 2.24) is 4.98 Å². The van der Waals surface area contributed by atoms with Crippen LogP contribution in [0.2, 0.25) is 5.02 Å². The molecule has 0 aliphatic heterocycles. The fourth-order valence-corrected chi connectivity index (χ4v) is 2.10. The minimum Gasteiger partial charge on any atom is -0.449 e. The van der Waals surface area contributed by atoms with Gasteiger partial charge in [-0.2, -0.15) is 0 Å². The van der Waals surface area contributed by atoms with Crippen molar-refractivity contribution in [2.75, 3.05) is 17.7 Å². The fourth-order valence-electron chi connectivity index (χ4n) is 1.99. The molecule has 2 N–H and O–H groups in total. The van der Waals surface area contributed by atoms with E-state index in [0.29, 0.717) is 10.7 Å². The number of anilines is 2. The van der Waals surface area contributed by atoms with E-state index >= 15 is 0 Å². The normalized spacial score (nSPS) is 11.3. The zero-order chi connectivity index (χ0) is 19.3. The standard InChI is InChI=1S/C16H15ClN4O5/c1-9(15(22)20-14-6-3-10(17)8-19-14)26-16(23)12-7-11(21(24)25)4-5-13(12)18-2/h3-9,18H,1-2H3,(H,19,20,22)/t9-/m0/s1. The highest BCUT2D eigenvalue weighted by Gasteiger charge is 2.23. The number of amides is 1. The van der Waals surface area contributed by atoms with Gasteiger partial charge in [0.1, 0.15) is 5.82 Å². The van der Waals surface area contributed by atoms with Gasteiger partial charge in [-0.25, -0.2) is 9.78 Å². The maximum atomic E-state index is 12.3. The van der Waals surface area contributed by atoms with Crippen LogP contribution in [0.25, 0.3) is 0 Å². The number of nitro groups is 1. The first-order valence-corrected chi connectivity index (χ1v) is 7.79. The van der Waals surface area contributed by atoms with E-state index in [1.807, 2.05) is 0 Å². The lowest BCUT2D eigenvalue weighted by molar-refractivity contribution is -0.384. The second-order valence-corrected chi connectivity index (χ2v) is 5.57. The van der Waals surface area contributed by atoms with Crippen LogP contribution in [0.3, 0.4) is 0 Å². The summed E-state index contributed by atoms with van der Waals surface area (Å²) in [4.78, 5) is 38.6. The van der Waals surface area contributed by atoms with Gasteiger partial charge in [0.2, 0.25) is 0 Å². The third-order valence-corrected chi connectivity index (χ3v) is 3.56. The lowest BCUT2D eigenvalue weighted by Gasteiger charge is -2.14. The van der Waals surface area contributed by atoms with Crippen LogP contribution >= 0.6 is 11.6 Å². The van der Waals surface area contributed by atoms with Crippen LogP contribution in [-0.4, -0.2) is 34.9 Å². The molecule has 0 bridgehead atoms. The van der Waals surface area contributed by atoms with Gasteiger partial charge in [-0.05, 0) is 25.1 Å². The van der Waals surface area contributed by atoms with Gasteiger partial charge in [0, 0.05) is 31.1 Å². The number of halogens is 1. The number of aromatic nitrogens is 1. The van der Waals surface area contributed by atoms with E-state index in [4.69, 9.17) is 16.3 Å². The van der Waals surface area contributed by atoms with Gasteiger partial charge in [-0.3, -0.25) is 14.9 Å². The van der Waals surface area contributed by atoms with Gasteiger partial charge < -0.3 is 15.4 Å². The lowest BCUT2D eigenvalue weighted by atomic mass is 10.1. The Labute approximate surface area is 153 Å². The van der Waals surface area contributed by atoms with Crippen LogP contribution < -0.4 is 10.6 Å². The van der Waals surface area contributed by atoms with Crippen molar-refractivity contribution in [2.24, 2.45) is 0 Å². The fraction of sp³-hybridized carbons (Fsp3) is 0.188. The molecule has 0 spiro atoms. The average Bonchev–Trinajstić information content (AvgIpc) is 2.62. The van der Waals surface area contributed by atoms with Gasteiger partial charge in [-0.1, -0.05) is 11.6 Å². The molecule has 1 atom stereocenters. The molecule has 1 aromatic carbocycles. The molecule has 10 heteroatoms. The Kier molecular flexibility index (Phi) is 6.07. The lowest BCUT2D eigenvalue weighted by Crippen LogP contribution is -2.30. The number of nitrogens with zero attached hydrogens (tertiary/aromatic N) is 2. The predicted molar refractivity (Wildman–Crippen MR) is 95.4 cm³/mol. The zero-order valence-electron chi connectivity index (χ0n) is 13.9. The third-order valence-electron chi connectivity index (χ3n) is 3.33. The number of carbonyl (C=O) groups is 2. The molecule has 0 saturated carbocycles. The molecule has 0 radical (unpaired) electrons. The van der Waals surface area contributed by atoms with Crippen molar-refractivity contribution in [3.8, 4) is 0 Å². The summed E-state index contributed by atoms with van der Waals surface area (Å²) in [6.45, 7) is 1.37. The van der Waals surface area contributed by atoms with Crippen LogP contribution in [0, 0.1) is 10.1 Å². The number of nitro benzene ring substituents is 1. The van der Waals surface area contributed by atoms with Gasteiger partial charge in [-0.15, -0.1) is 0 Å². The molecule has 0 aliphatic carbocycles. The summed E-state index contributed by atoms with van der Waals surface area (Å²) < 4.78 is 5.10. The molecule has 9 nitrogen and oxygen atoms in total. The molecular weight excluding hydrogens is 364 g/mol. The summed E-state index contributed by atoms with van der Waals surface area (Å²) in [5.74, 6) is -1.23. The minimum absolute atomic E-state index is 0.0500. The Balaban J connectivity index is 2.10. The topological polar surface area (TPSA) is 123 Å². The van der Waals surface area contributed by atoms with Crippen LogP contribution in [-0.2, 0) is 9.53 Å². The van der Waals surface area contributed by atoms with E-state index in [-0.39, 0.29) is 17.1 Å². The first-order chi connectivity index (χ1) is 12.3. The quantitative estimate of drug-likeness (QED) is 0.450. The van der Waals surface area contributed by atoms with Crippen LogP contribution in [0.4, 0.5) is 17.2 Å². The second-order valence-electron chi connectivity index (χ2n) is 5.14. The molecule has 0 unspecified atom stereocenters. The summed E-state index contributed by atoms with van der Waals surface area (Å²) in [5.41, 5.74) is 0.0250. The summed E-state index contributed by atoms with van der Waals surface area (Å²) in [7, 11) is 1.56. The number of hydrogen-bond donors (Lipinski definition) is 2. The molecule has 0 aliphatic rings. The number of pyridine rings is 1. The number of esters is 1. The van der Waals surface area contributed by atoms with E-state index in [1.165, 1.54) is 31.3 Å². The highest BCUT2D eigenvalue weighted by atomic mass is 35.5. The molecule has 2 aromatic rings. The summed E-state index contributed by atoms with van der Waals surface area (Å²) in [6.07, 6.45) is 0.208. The molecule has 0 saturated heterocycles. The Morgan fingerprint density at radius 3 is 2.62 bits per heavy atom. The number of ether oxygens (including phenoxy) is 1. The SMILES string of the molecule is CNc1ccc([N+](=O)[O-])cc1C(=O)O[C@@H](C)C(=O)Nc1ccc(Cl)cn1. The summed E-state index contributed by atoms with van der Waals surface area (Å²) in [6, 6.07) is 6.76. The van der Waals surface area contributed by atoms with Crippen molar-refractivity contribution in [3.05, 3.63) is 57.2 Å². The maximum Gasteiger partial charge on any atom is 0.341 e. The smallest absolute Gasteiger partial charge is 0.341 e. The van der Waals surface area contributed by atoms with Crippen molar-refractivity contribution < 1.29 is 19.2 Å². The number of hydrogen-bond acceptors (Lipinski definition) is 7. The number of carbonyl (C=O) groups excluding carboxylic acids is 2. The molecule has 1 amide bonds. The van der Waals surface area contributed by atoms with Gasteiger partial charge in [0.05, 0.1) is 15.5 Å². The Hall–Kier alpha value is -3.20. The molecule has 2 rings (SSSR count). The van der Waals surface area contributed by atoms with E-state index in [0.717, 1.165) is 6.07 Å². The minimum atomic E-state index is -1.15.